The van der Waals surface area contributed by atoms with E-state index in [-0.39, 0.29) is 0 Å². The maximum atomic E-state index is 4.52. The van der Waals surface area contributed by atoms with Crippen LogP contribution >= 0.6 is 12.6 Å². The van der Waals surface area contributed by atoms with Crippen LogP contribution in [0.4, 0.5) is 0 Å². The highest BCUT2D eigenvalue weighted by atomic mass is 32.1. The fourth-order valence-corrected chi connectivity index (χ4v) is 3.32. The first-order chi connectivity index (χ1) is 4.39. The van der Waals surface area contributed by atoms with Crippen LogP contribution in [0.15, 0.2) is 0 Å². The van der Waals surface area contributed by atoms with E-state index in [0.717, 1.165) is 30.2 Å². The lowest BCUT2D eigenvalue weighted by atomic mass is 9.78. The predicted molar refractivity (Wildman–Crippen MR) is 36.7 cm³/mol. The lowest BCUT2D eigenvalue weighted by Gasteiger charge is -2.52. The molecule has 1 aliphatic carbocycles. The van der Waals surface area contributed by atoms with E-state index in [1.165, 1.54) is 0 Å². The fourth-order valence-electron chi connectivity index (χ4n) is 2.79. The van der Waals surface area contributed by atoms with Gasteiger partial charge in [0.2, 0.25) is 0 Å². The first-order valence-electron chi connectivity index (χ1n) is 3.61. The Morgan fingerprint density at radius 3 is 2.00 bits per heavy atom. The van der Waals surface area contributed by atoms with Crippen LogP contribution in [0.25, 0.3) is 0 Å². The van der Waals surface area contributed by atoms with Crippen molar-refractivity contribution in [2.45, 2.75) is 35.5 Å². The third kappa shape index (κ3) is 0.247. The first kappa shape index (κ1) is 4.21. The molecule has 0 aromatic heterocycles. The summed E-state index contributed by atoms with van der Waals surface area (Å²) < 4.78 is 0. The van der Waals surface area contributed by atoms with Gasteiger partial charge in [-0.2, -0.15) is 12.6 Å². The zero-order valence-electron chi connectivity index (χ0n) is 4.86. The maximum Gasteiger partial charge on any atom is 0.0447 e. The molecule has 0 aromatic rings. The van der Waals surface area contributed by atoms with E-state index < -0.39 is 0 Å². The largest absolute Gasteiger partial charge is 0.306 e. The molecule has 0 spiro atoms. The van der Waals surface area contributed by atoms with Crippen molar-refractivity contribution in [3.8, 4) is 0 Å². The molecule has 9 heavy (non-hydrogen) atoms. The number of nitrogens with one attached hydrogen (secondary N) is 1. The van der Waals surface area contributed by atoms with Gasteiger partial charge in [-0.25, -0.2) is 0 Å². The van der Waals surface area contributed by atoms with E-state index in [0.29, 0.717) is 5.25 Å². The van der Waals surface area contributed by atoms with E-state index in [1.807, 2.05) is 0 Å². The summed E-state index contributed by atoms with van der Waals surface area (Å²) in [6.45, 7) is 0. The summed E-state index contributed by atoms with van der Waals surface area (Å²) in [5.74, 6) is 0. The topological polar surface area (TPSA) is 15.0 Å². The standard InChI is InChI=1S/C6H8N2S/c9-6-1-3-5-4(8(3)5)2(6)7-1/h1-7,9H/t1-,2+,3+,4-,5?,6?,8?. The van der Waals surface area contributed by atoms with Gasteiger partial charge >= 0.3 is 0 Å². The number of hydrogen-bond acceptors (Lipinski definition) is 3. The summed E-state index contributed by atoms with van der Waals surface area (Å²) in [4.78, 5) is 2.61. The Morgan fingerprint density at radius 2 is 1.67 bits per heavy atom. The summed E-state index contributed by atoms with van der Waals surface area (Å²) in [6.07, 6.45) is 0. The quantitative estimate of drug-likeness (QED) is 0.334. The van der Waals surface area contributed by atoms with Crippen LogP contribution in [0.2, 0.25) is 0 Å². The van der Waals surface area contributed by atoms with E-state index in [2.05, 4.69) is 22.8 Å². The SMILES string of the molecule is SC1[C@H]2N[C@@H]1[C@H]1C3[C@@H]2N31. The van der Waals surface area contributed by atoms with Crippen molar-refractivity contribution >= 4 is 12.6 Å². The van der Waals surface area contributed by atoms with Crippen molar-refractivity contribution in [1.29, 1.82) is 0 Å². The molecule has 0 aromatic carbocycles. The highest BCUT2D eigenvalue weighted by molar-refractivity contribution is 7.81. The smallest absolute Gasteiger partial charge is 0.0447 e. The van der Waals surface area contributed by atoms with Gasteiger partial charge in [0.1, 0.15) is 0 Å². The minimum absolute atomic E-state index is 0.690. The minimum atomic E-state index is 0.690. The predicted octanol–water partition coefficient (Wildman–Crippen LogP) is -0.926. The second-order valence-electron chi connectivity index (χ2n) is 3.63. The molecule has 2 nitrogen and oxygen atoms in total. The van der Waals surface area contributed by atoms with Crippen LogP contribution in [0.1, 0.15) is 0 Å². The average Bonchev–Trinajstić information content (AvgIpc) is 2.73. The molecular formula is C6H8N2S. The molecule has 7 rings (SSSR count). The molecule has 4 bridgehead atoms. The van der Waals surface area contributed by atoms with Crippen molar-refractivity contribution in [2.24, 2.45) is 0 Å². The molecular weight excluding hydrogens is 132 g/mol. The Hall–Kier alpha value is 0.270. The van der Waals surface area contributed by atoms with Crippen molar-refractivity contribution in [3.05, 3.63) is 0 Å². The average molecular weight is 140 g/mol. The highest BCUT2D eigenvalue weighted by Crippen LogP contribution is 2.64. The van der Waals surface area contributed by atoms with E-state index in [1.54, 1.807) is 0 Å². The second-order valence-corrected chi connectivity index (χ2v) is 4.22. The number of hydrogen-bond donors (Lipinski definition) is 2. The van der Waals surface area contributed by atoms with Crippen LogP contribution < -0.4 is 5.32 Å². The monoisotopic (exact) mass is 140 g/mol. The van der Waals surface area contributed by atoms with E-state index >= 15 is 0 Å². The Labute approximate surface area is 59.0 Å². The van der Waals surface area contributed by atoms with E-state index in [4.69, 9.17) is 0 Å². The highest BCUT2D eigenvalue weighted by Gasteiger charge is 2.84. The molecule has 1 N–H and O–H groups in total. The second kappa shape index (κ2) is 0.881. The Kier molecular flexibility index (Phi) is 0.412. The maximum absolute atomic E-state index is 4.52. The summed E-state index contributed by atoms with van der Waals surface area (Å²) in [5, 5.41) is 4.22. The molecule has 7 aliphatic rings. The number of rotatable bonds is 0. The van der Waals surface area contributed by atoms with Crippen LogP contribution in [0, 0.1) is 0 Å². The number of nitrogens with zero attached hydrogens (tertiary/aromatic N) is 1. The third-order valence-electron chi connectivity index (χ3n) is 3.41. The van der Waals surface area contributed by atoms with Crippen LogP contribution in [0.5, 0.6) is 0 Å². The van der Waals surface area contributed by atoms with Crippen molar-refractivity contribution in [1.82, 2.24) is 10.2 Å². The number of piperidine rings is 2. The number of thiol groups is 1. The zero-order chi connectivity index (χ0) is 5.75. The summed E-state index contributed by atoms with van der Waals surface area (Å²) in [5.41, 5.74) is 0. The molecule has 0 amide bonds. The Morgan fingerprint density at radius 1 is 1.11 bits per heavy atom. The van der Waals surface area contributed by atoms with Gasteiger partial charge in [0.15, 0.2) is 0 Å². The van der Waals surface area contributed by atoms with Gasteiger partial charge < -0.3 is 5.32 Å². The molecule has 48 valence electrons. The third-order valence-corrected chi connectivity index (χ3v) is 4.05. The Balaban J connectivity index is 1.85. The molecule has 7 fully saturated rings. The van der Waals surface area contributed by atoms with Gasteiger partial charge in [-0.3, -0.25) is 4.90 Å². The lowest BCUT2D eigenvalue weighted by molar-refractivity contribution is 0.138. The zero-order valence-corrected chi connectivity index (χ0v) is 5.75. The molecule has 1 saturated carbocycles. The molecule has 0 radical (unpaired) electrons. The Bertz CT molecular complexity index is 175. The van der Waals surface area contributed by atoms with Crippen molar-refractivity contribution in [3.63, 3.8) is 0 Å². The molecule has 7 atom stereocenters. The van der Waals surface area contributed by atoms with Gasteiger partial charge in [0.05, 0.1) is 0 Å². The molecule has 6 heterocycles. The normalized spacial score (nSPS) is 87.0. The summed E-state index contributed by atoms with van der Waals surface area (Å²) >= 11 is 4.52. The molecule has 6 aliphatic heterocycles. The van der Waals surface area contributed by atoms with Crippen LogP contribution in [-0.2, 0) is 0 Å². The van der Waals surface area contributed by atoms with Crippen LogP contribution in [-0.4, -0.2) is 40.4 Å². The first-order valence-corrected chi connectivity index (χ1v) is 4.13. The molecule has 3 heteroatoms. The molecule has 6 saturated heterocycles. The van der Waals surface area contributed by atoms with Gasteiger partial charge in [0, 0.05) is 35.5 Å². The van der Waals surface area contributed by atoms with Crippen LogP contribution in [0.3, 0.4) is 0 Å². The van der Waals surface area contributed by atoms with Gasteiger partial charge in [0.25, 0.3) is 0 Å². The fraction of sp³-hybridized carbons (Fsp3) is 1.00. The summed E-state index contributed by atoms with van der Waals surface area (Å²) in [7, 11) is 0. The summed E-state index contributed by atoms with van der Waals surface area (Å²) in [6, 6.07) is 4.37. The van der Waals surface area contributed by atoms with Gasteiger partial charge in [-0.15, -0.1) is 0 Å². The van der Waals surface area contributed by atoms with Gasteiger partial charge in [-0.1, -0.05) is 0 Å². The van der Waals surface area contributed by atoms with Crippen molar-refractivity contribution < 1.29 is 0 Å². The minimum Gasteiger partial charge on any atom is -0.306 e. The van der Waals surface area contributed by atoms with E-state index in [9.17, 15) is 0 Å². The lowest BCUT2D eigenvalue weighted by Crippen LogP contribution is -2.76. The van der Waals surface area contributed by atoms with Gasteiger partial charge in [-0.05, 0) is 0 Å². The van der Waals surface area contributed by atoms with Crippen molar-refractivity contribution in [2.75, 3.05) is 0 Å². The number of piperazine rings is 1. The molecule has 3 unspecified atom stereocenters.